The van der Waals surface area contributed by atoms with Crippen LogP contribution in [0.2, 0.25) is 0 Å². The molecular weight excluding hydrogens is 469 g/mol. The topological polar surface area (TPSA) is 81.0 Å². The Labute approximate surface area is 215 Å². The van der Waals surface area contributed by atoms with Gasteiger partial charge in [-0.25, -0.2) is 19.3 Å². The summed E-state index contributed by atoms with van der Waals surface area (Å²) in [5.41, 5.74) is 4.70. The molecule has 0 amide bonds. The number of nitrogens with one attached hydrogen (secondary N) is 1. The van der Waals surface area contributed by atoms with E-state index in [0.717, 1.165) is 44.6 Å². The van der Waals surface area contributed by atoms with Gasteiger partial charge in [-0.2, -0.15) is 5.10 Å². The molecule has 0 fully saturated rings. The second-order valence-corrected chi connectivity index (χ2v) is 9.12. The maximum absolute atomic E-state index is 14.3. The predicted octanol–water partition coefficient (Wildman–Crippen LogP) is 5.02. The zero-order valence-corrected chi connectivity index (χ0v) is 20.8. The molecule has 0 aliphatic carbocycles. The Morgan fingerprint density at radius 1 is 1.11 bits per heavy atom. The van der Waals surface area contributed by atoms with Gasteiger partial charge in [0.05, 0.1) is 12.3 Å². The van der Waals surface area contributed by atoms with Gasteiger partial charge >= 0.3 is 0 Å². The van der Waals surface area contributed by atoms with Gasteiger partial charge in [-0.15, -0.1) is 0 Å². The van der Waals surface area contributed by atoms with Crippen molar-refractivity contribution in [1.82, 2.24) is 29.6 Å². The molecule has 3 heterocycles. The molecule has 0 unspecified atom stereocenters. The van der Waals surface area contributed by atoms with E-state index in [9.17, 15) is 4.39 Å². The summed E-state index contributed by atoms with van der Waals surface area (Å²) in [5, 5.41) is 7.53. The van der Waals surface area contributed by atoms with Crippen molar-refractivity contribution in [3.63, 3.8) is 0 Å². The van der Waals surface area contributed by atoms with Crippen LogP contribution in [0, 0.1) is 5.82 Å². The van der Waals surface area contributed by atoms with Gasteiger partial charge in [0.15, 0.2) is 0 Å². The molecule has 4 aromatic rings. The molecular formula is C28H30FN7O. The van der Waals surface area contributed by atoms with E-state index in [2.05, 4.69) is 67.7 Å². The van der Waals surface area contributed by atoms with Crippen molar-refractivity contribution in [1.29, 1.82) is 0 Å². The van der Waals surface area contributed by atoms with Gasteiger partial charge in [0, 0.05) is 43.1 Å². The molecule has 0 saturated carbocycles. The average molecular weight is 500 g/mol. The molecule has 0 saturated heterocycles. The van der Waals surface area contributed by atoms with Crippen LogP contribution in [0.1, 0.15) is 24.0 Å². The number of likely N-dealkylation sites (N-methyl/N-ethyl adjacent to an activating group) is 1. The number of nitrogens with zero attached hydrogens (tertiary/aromatic N) is 6. The van der Waals surface area contributed by atoms with Crippen molar-refractivity contribution >= 4 is 11.6 Å². The normalized spacial score (nSPS) is 15.2. The summed E-state index contributed by atoms with van der Waals surface area (Å²) in [6, 6.07) is 12.8. The third kappa shape index (κ3) is 6.77. The average Bonchev–Trinajstić information content (AvgIpc) is 3.40. The Hall–Kier alpha value is -4.11. The number of rotatable bonds is 4. The van der Waals surface area contributed by atoms with Crippen molar-refractivity contribution in [3.05, 3.63) is 90.4 Å². The van der Waals surface area contributed by atoms with Crippen molar-refractivity contribution in [3.8, 4) is 17.0 Å². The van der Waals surface area contributed by atoms with Crippen molar-refractivity contribution < 1.29 is 9.13 Å². The summed E-state index contributed by atoms with van der Waals surface area (Å²) in [6.45, 7) is 2.91. The van der Waals surface area contributed by atoms with Gasteiger partial charge in [-0.05, 0) is 67.8 Å². The molecule has 0 spiro atoms. The quantitative estimate of drug-likeness (QED) is 0.395. The Bertz CT molecular complexity index is 1360. The molecule has 1 aliphatic rings. The Balaban J connectivity index is 1.43. The van der Waals surface area contributed by atoms with E-state index in [1.807, 2.05) is 10.7 Å². The predicted molar refractivity (Wildman–Crippen MR) is 141 cm³/mol. The van der Waals surface area contributed by atoms with Crippen molar-refractivity contribution in [2.75, 3.05) is 25.5 Å². The Morgan fingerprint density at radius 2 is 2.05 bits per heavy atom. The van der Waals surface area contributed by atoms with Crippen LogP contribution < -0.4 is 10.1 Å². The molecule has 5 rings (SSSR count). The minimum Gasteiger partial charge on any atom is -0.493 e. The molecule has 1 N–H and O–H groups in total. The molecule has 0 atom stereocenters. The molecule has 2 aromatic heterocycles. The van der Waals surface area contributed by atoms with Crippen molar-refractivity contribution in [2.24, 2.45) is 0 Å². The number of anilines is 2. The summed E-state index contributed by atoms with van der Waals surface area (Å²) in [6.07, 6.45) is 11.9. The first-order valence-electron chi connectivity index (χ1n) is 12.4. The number of hydrogen-bond acceptors (Lipinski definition) is 7. The van der Waals surface area contributed by atoms with Gasteiger partial charge < -0.3 is 10.1 Å². The molecule has 0 radical (unpaired) electrons. The van der Waals surface area contributed by atoms with Crippen LogP contribution in [0.15, 0.2) is 73.5 Å². The highest BCUT2D eigenvalue weighted by atomic mass is 19.1. The molecule has 6 bridgehead atoms. The molecule has 1 aliphatic heterocycles. The lowest BCUT2D eigenvalue weighted by atomic mass is 10.0. The fourth-order valence-corrected chi connectivity index (χ4v) is 4.35. The number of hydrogen-bond donors (Lipinski definition) is 1. The Kier molecular flexibility index (Phi) is 7.81. The van der Waals surface area contributed by atoms with Crippen LogP contribution in [0.25, 0.3) is 11.3 Å². The highest BCUT2D eigenvalue weighted by Gasteiger charge is 2.11. The fraction of sp³-hybridized carbons (Fsp3) is 0.286. The number of aromatic nitrogens is 5. The highest BCUT2D eigenvalue weighted by Crippen LogP contribution is 2.26. The van der Waals surface area contributed by atoms with E-state index in [0.29, 0.717) is 29.6 Å². The monoisotopic (exact) mass is 499 g/mol. The molecule has 190 valence electrons. The molecule has 9 heteroatoms. The zero-order valence-electron chi connectivity index (χ0n) is 20.8. The third-order valence-corrected chi connectivity index (χ3v) is 6.16. The second-order valence-electron chi connectivity index (χ2n) is 9.12. The number of ether oxygens (including phenoxy) is 1. The summed E-state index contributed by atoms with van der Waals surface area (Å²) in [4.78, 5) is 15.3. The van der Waals surface area contributed by atoms with Crippen LogP contribution in [-0.2, 0) is 19.5 Å². The minimum absolute atomic E-state index is 0.365. The van der Waals surface area contributed by atoms with E-state index in [-0.39, 0.29) is 5.82 Å². The molecule has 8 nitrogen and oxygen atoms in total. The van der Waals surface area contributed by atoms with Crippen LogP contribution in [-0.4, -0.2) is 49.8 Å². The summed E-state index contributed by atoms with van der Waals surface area (Å²) in [5.74, 6) is 0.571. The van der Waals surface area contributed by atoms with Crippen LogP contribution >= 0.6 is 0 Å². The highest BCUT2D eigenvalue weighted by molar-refractivity contribution is 5.64. The fourth-order valence-electron chi connectivity index (χ4n) is 4.35. The number of fused-ring (bicyclic) bond motifs is 7. The maximum Gasteiger partial charge on any atom is 0.227 e. The largest absolute Gasteiger partial charge is 0.493 e. The smallest absolute Gasteiger partial charge is 0.227 e. The van der Waals surface area contributed by atoms with Gasteiger partial charge in [0.25, 0.3) is 0 Å². The van der Waals surface area contributed by atoms with Crippen molar-refractivity contribution in [2.45, 2.75) is 32.4 Å². The van der Waals surface area contributed by atoms with E-state index in [1.54, 1.807) is 24.9 Å². The summed E-state index contributed by atoms with van der Waals surface area (Å²) < 4.78 is 22.0. The van der Waals surface area contributed by atoms with E-state index in [4.69, 9.17) is 4.74 Å². The van der Waals surface area contributed by atoms with Gasteiger partial charge in [-0.1, -0.05) is 18.2 Å². The standard InChI is InChI=1S/C28H30FN7O/c1-35-11-3-2-4-13-37-26-16-22(14-24(29)17-26)27-9-10-31-28(34-27)33-25-8-7-21(23(15-25)18-35)6-5-12-36-20-30-19-32-36/h2-3,7-10,14-17,19-20H,4-6,11-13,18H2,1H3,(H,31,33,34)/b3-2+. The number of aryl methyl sites for hydroxylation is 2. The summed E-state index contributed by atoms with van der Waals surface area (Å²) in [7, 11) is 2.11. The lowest BCUT2D eigenvalue weighted by Gasteiger charge is -2.19. The zero-order chi connectivity index (χ0) is 25.5. The maximum atomic E-state index is 14.3. The SMILES string of the molecule is CN1C/C=C/CCOc2cc(F)cc(c2)-c2ccnc(n2)Nc2ccc(CCCn3cncn3)c(c2)C1. The first-order valence-corrected chi connectivity index (χ1v) is 12.4. The third-order valence-electron chi connectivity index (χ3n) is 6.16. The van der Waals surface area contributed by atoms with Gasteiger partial charge in [-0.3, -0.25) is 9.58 Å². The van der Waals surface area contributed by atoms with Crippen LogP contribution in [0.3, 0.4) is 0 Å². The van der Waals surface area contributed by atoms with Crippen LogP contribution in [0.5, 0.6) is 5.75 Å². The minimum atomic E-state index is -0.365. The molecule has 2 aromatic carbocycles. The Morgan fingerprint density at radius 3 is 2.95 bits per heavy atom. The first kappa shape index (κ1) is 24.6. The van der Waals surface area contributed by atoms with Crippen LogP contribution in [0.4, 0.5) is 16.0 Å². The van der Waals surface area contributed by atoms with E-state index in [1.165, 1.54) is 23.3 Å². The number of halogens is 1. The molecule has 37 heavy (non-hydrogen) atoms. The van der Waals surface area contributed by atoms with E-state index < -0.39 is 0 Å². The van der Waals surface area contributed by atoms with E-state index >= 15 is 0 Å². The van der Waals surface area contributed by atoms with Gasteiger partial charge in [0.1, 0.15) is 24.2 Å². The second kappa shape index (κ2) is 11.7. The number of benzene rings is 2. The lowest BCUT2D eigenvalue weighted by Crippen LogP contribution is -2.19. The summed E-state index contributed by atoms with van der Waals surface area (Å²) >= 11 is 0. The first-order chi connectivity index (χ1) is 18.1. The van der Waals surface area contributed by atoms with Gasteiger partial charge in [0.2, 0.25) is 5.95 Å². The lowest BCUT2D eigenvalue weighted by molar-refractivity contribution is 0.322.